The van der Waals surface area contributed by atoms with Crippen LogP contribution in [-0.2, 0) is 14.9 Å². The molecule has 1 fully saturated rings. The van der Waals surface area contributed by atoms with Crippen LogP contribution in [0, 0.1) is 5.92 Å². The van der Waals surface area contributed by atoms with Crippen molar-refractivity contribution >= 4 is 21.9 Å². The van der Waals surface area contributed by atoms with Gasteiger partial charge in [-0.1, -0.05) is 40.2 Å². The average molecular weight is 389 g/mol. The van der Waals surface area contributed by atoms with Gasteiger partial charge in [0.2, 0.25) is 5.92 Å². The van der Waals surface area contributed by atoms with Gasteiger partial charge in [-0.05, 0) is 44.2 Å². The molecule has 128 valence electrons. The Hall–Kier alpha value is -0.970. The third-order valence-corrected chi connectivity index (χ3v) is 4.71. The van der Waals surface area contributed by atoms with Crippen LogP contribution in [0.3, 0.4) is 0 Å². The Balaban J connectivity index is 2.28. The van der Waals surface area contributed by atoms with Gasteiger partial charge in [-0.15, -0.1) is 0 Å². The van der Waals surface area contributed by atoms with Crippen molar-refractivity contribution in [2.45, 2.75) is 62.8 Å². The molecule has 23 heavy (non-hydrogen) atoms. The molecular formula is C18H23BrF2O2. The first-order valence-electron chi connectivity index (χ1n) is 7.87. The molecule has 1 saturated carbocycles. The van der Waals surface area contributed by atoms with Gasteiger partial charge in [0.05, 0.1) is 5.92 Å². The van der Waals surface area contributed by atoms with Gasteiger partial charge in [0.15, 0.2) is 0 Å². The average Bonchev–Trinajstić information content (AvgIpc) is 2.78. The molecule has 1 aromatic rings. The number of carbonyl (C=O) groups excluding carboxylic acids is 1. The number of rotatable bonds is 4. The predicted molar refractivity (Wildman–Crippen MR) is 89.9 cm³/mol. The van der Waals surface area contributed by atoms with Crippen molar-refractivity contribution in [1.29, 1.82) is 0 Å². The fourth-order valence-electron chi connectivity index (χ4n) is 3.05. The first-order chi connectivity index (χ1) is 10.6. The summed E-state index contributed by atoms with van der Waals surface area (Å²) < 4.78 is 32.8. The van der Waals surface area contributed by atoms with E-state index in [1.165, 1.54) is 0 Å². The third kappa shape index (κ3) is 5.00. The van der Waals surface area contributed by atoms with E-state index < -0.39 is 23.4 Å². The van der Waals surface area contributed by atoms with Gasteiger partial charge in [0.25, 0.3) is 0 Å². The van der Waals surface area contributed by atoms with Crippen molar-refractivity contribution in [2.75, 3.05) is 0 Å². The van der Waals surface area contributed by atoms with Crippen LogP contribution in [0.2, 0.25) is 0 Å². The maximum absolute atomic E-state index is 13.6. The van der Waals surface area contributed by atoms with Gasteiger partial charge in [0, 0.05) is 18.2 Å². The van der Waals surface area contributed by atoms with E-state index >= 15 is 0 Å². The Kier molecular flexibility index (Phi) is 5.49. The van der Waals surface area contributed by atoms with E-state index in [0.29, 0.717) is 11.8 Å². The SMILES string of the molecule is CC(C)(C)OC(=O)C(c1ccc(CBr)cc1)C1CCC(F)(F)C1. The molecule has 0 aliphatic heterocycles. The standard InChI is InChI=1S/C18H23BrF2O2/c1-17(2,3)23-16(22)15(14-8-9-18(20,21)10-14)13-6-4-12(11-19)5-7-13/h4-7,14-15H,8-11H2,1-3H3. The van der Waals surface area contributed by atoms with Crippen LogP contribution >= 0.6 is 15.9 Å². The van der Waals surface area contributed by atoms with E-state index in [1.54, 1.807) is 20.8 Å². The maximum Gasteiger partial charge on any atom is 0.314 e. The molecule has 0 bridgehead atoms. The maximum atomic E-state index is 13.6. The molecular weight excluding hydrogens is 366 g/mol. The zero-order valence-corrected chi connectivity index (χ0v) is 15.3. The van der Waals surface area contributed by atoms with Crippen LogP contribution in [0.1, 0.15) is 57.1 Å². The summed E-state index contributed by atoms with van der Waals surface area (Å²) >= 11 is 3.38. The molecule has 0 aromatic heterocycles. The van der Waals surface area contributed by atoms with Gasteiger partial charge >= 0.3 is 5.97 Å². The fraction of sp³-hybridized carbons (Fsp3) is 0.611. The first kappa shape index (κ1) is 18.4. The van der Waals surface area contributed by atoms with Crippen LogP contribution < -0.4 is 0 Å². The summed E-state index contributed by atoms with van der Waals surface area (Å²) in [4.78, 5) is 12.6. The van der Waals surface area contributed by atoms with Gasteiger partial charge in [-0.2, -0.15) is 0 Å². The Labute approximate surface area is 144 Å². The summed E-state index contributed by atoms with van der Waals surface area (Å²) in [6.07, 6.45) is -0.0648. The molecule has 0 radical (unpaired) electrons. The molecule has 5 heteroatoms. The van der Waals surface area contributed by atoms with Crippen LogP contribution in [-0.4, -0.2) is 17.5 Å². The summed E-state index contributed by atoms with van der Waals surface area (Å²) in [5.74, 6) is -4.10. The van der Waals surface area contributed by atoms with E-state index in [2.05, 4.69) is 15.9 Å². The minimum absolute atomic E-state index is 0.156. The van der Waals surface area contributed by atoms with Crippen molar-refractivity contribution in [2.24, 2.45) is 5.92 Å². The van der Waals surface area contributed by atoms with Gasteiger partial charge in [0.1, 0.15) is 5.60 Å². The zero-order chi connectivity index (χ0) is 17.3. The van der Waals surface area contributed by atoms with Gasteiger partial charge in [-0.25, -0.2) is 8.78 Å². The molecule has 0 amide bonds. The van der Waals surface area contributed by atoms with Crippen molar-refractivity contribution in [1.82, 2.24) is 0 Å². The minimum atomic E-state index is -2.68. The molecule has 2 atom stereocenters. The Morgan fingerprint density at radius 1 is 1.35 bits per heavy atom. The van der Waals surface area contributed by atoms with E-state index in [-0.39, 0.29) is 18.8 Å². The molecule has 0 spiro atoms. The van der Waals surface area contributed by atoms with Crippen LogP contribution in [0.4, 0.5) is 8.78 Å². The lowest BCUT2D eigenvalue weighted by Gasteiger charge is -2.27. The number of hydrogen-bond acceptors (Lipinski definition) is 2. The largest absolute Gasteiger partial charge is 0.459 e. The number of halogens is 3. The third-order valence-electron chi connectivity index (χ3n) is 4.07. The summed E-state index contributed by atoms with van der Waals surface area (Å²) in [6.45, 7) is 5.37. The monoisotopic (exact) mass is 388 g/mol. The molecule has 1 aliphatic rings. The highest BCUT2D eigenvalue weighted by Crippen LogP contribution is 2.46. The van der Waals surface area contributed by atoms with Crippen LogP contribution in [0.25, 0.3) is 0 Å². The quantitative estimate of drug-likeness (QED) is 0.506. The summed E-state index contributed by atoms with van der Waals surface area (Å²) in [5.41, 5.74) is 1.20. The molecule has 0 heterocycles. The molecule has 2 unspecified atom stereocenters. The summed E-state index contributed by atoms with van der Waals surface area (Å²) in [5, 5.41) is 0.714. The highest BCUT2D eigenvalue weighted by molar-refractivity contribution is 9.08. The molecule has 0 saturated heterocycles. The predicted octanol–water partition coefficient (Wildman–Crippen LogP) is 5.44. The summed E-state index contributed by atoms with van der Waals surface area (Å²) in [6, 6.07) is 7.52. The first-order valence-corrected chi connectivity index (χ1v) is 8.99. The Morgan fingerprint density at radius 3 is 2.39 bits per heavy atom. The highest BCUT2D eigenvalue weighted by Gasteiger charge is 2.46. The van der Waals surface area contributed by atoms with E-state index in [9.17, 15) is 13.6 Å². The van der Waals surface area contributed by atoms with Crippen molar-refractivity contribution < 1.29 is 18.3 Å². The second-order valence-corrected chi connectivity index (χ2v) is 7.81. The Bertz CT molecular complexity index is 549. The van der Waals surface area contributed by atoms with Crippen molar-refractivity contribution in [3.05, 3.63) is 35.4 Å². The highest BCUT2D eigenvalue weighted by atomic mass is 79.9. The number of esters is 1. The lowest BCUT2D eigenvalue weighted by Crippen LogP contribution is -2.31. The smallest absolute Gasteiger partial charge is 0.314 e. The summed E-state index contributed by atoms with van der Waals surface area (Å²) in [7, 11) is 0. The zero-order valence-electron chi connectivity index (χ0n) is 13.7. The van der Waals surface area contributed by atoms with E-state index in [4.69, 9.17) is 4.74 Å². The number of benzene rings is 1. The molecule has 1 aromatic carbocycles. The normalized spacial score (nSPS) is 21.9. The topological polar surface area (TPSA) is 26.3 Å². The van der Waals surface area contributed by atoms with Crippen molar-refractivity contribution in [3.8, 4) is 0 Å². The lowest BCUT2D eigenvalue weighted by atomic mass is 9.84. The van der Waals surface area contributed by atoms with Gasteiger partial charge in [-0.3, -0.25) is 4.79 Å². The lowest BCUT2D eigenvalue weighted by molar-refractivity contribution is -0.158. The molecule has 0 N–H and O–H groups in total. The van der Waals surface area contributed by atoms with Crippen molar-refractivity contribution in [3.63, 3.8) is 0 Å². The van der Waals surface area contributed by atoms with E-state index in [0.717, 1.165) is 11.1 Å². The fourth-order valence-corrected chi connectivity index (χ4v) is 3.42. The van der Waals surface area contributed by atoms with Gasteiger partial charge < -0.3 is 4.74 Å². The molecule has 2 nitrogen and oxygen atoms in total. The second-order valence-electron chi connectivity index (χ2n) is 7.25. The van der Waals surface area contributed by atoms with E-state index in [1.807, 2.05) is 24.3 Å². The molecule has 2 rings (SSSR count). The minimum Gasteiger partial charge on any atom is -0.459 e. The second kappa shape index (κ2) is 6.88. The number of hydrogen-bond donors (Lipinski definition) is 0. The van der Waals surface area contributed by atoms with Crippen LogP contribution in [0.5, 0.6) is 0 Å². The number of carbonyl (C=O) groups is 1. The van der Waals surface area contributed by atoms with Crippen LogP contribution in [0.15, 0.2) is 24.3 Å². The molecule has 1 aliphatic carbocycles. The number of alkyl halides is 3. The Morgan fingerprint density at radius 2 is 1.96 bits per heavy atom. The number of ether oxygens (including phenoxy) is 1.